The van der Waals surface area contributed by atoms with Crippen LogP contribution < -0.4 is 20.4 Å². The van der Waals surface area contributed by atoms with E-state index in [1.807, 2.05) is 39.0 Å². The Kier molecular flexibility index (Phi) is 5.99. The maximum absolute atomic E-state index is 12.2. The van der Waals surface area contributed by atoms with Gasteiger partial charge in [0.25, 0.3) is 5.91 Å². The highest BCUT2D eigenvalue weighted by molar-refractivity contribution is 5.93. The van der Waals surface area contributed by atoms with Gasteiger partial charge in [0, 0.05) is 17.5 Å². The van der Waals surface area contributed by atoms with E-state index in [4.69, 9.17) is 13.9 Å². The maximum Gasteiger partial charge on any atom is 0.336 e. The Morgan fingerprint density at radius 3 is 2.64 bits per heavy atom. The van der Waals surface area contributed by atoms with Crippen molar-refractivity contribution in [2.24, 2.45) is 0 Å². The smallest absolute Gasteiger partial charge is 0.336 e. The molecule has 1 aromatic heterocycles. The maximum atomic E-state index is 12.2. The lowest BCUT2D eigenvalue weighted by molar-refractivity contribution is -0.118. The molecule has 2 aromatic carbocycles. The Hall–Kier alpha value is -3.28. The number of carbonyl (C=O) groups is 1. The van der Waals surface area contributed by atoms with Crippen LogP contribution in [0, 0.1) is 0 Å². The lowest BCUT2D eigenvalue weighted by Crippen LogP contribution is -2.20. The highest BCUT2D eigenvalue weighted by Gasteiger charge is 2.12. The molecule has 0 spiro atoms. The number of rotatable bonds is 7. The van der Waals surface area contributed by atoms with Crippen molar-refractivity contribution in [2.45, 2.75) is 26.7 Å². The number of anilines is 1. The fourth-order valence-corrected chi connectivity index (χ4v) is 2.92. The molecule has 0 radical (unpaired) electrons. The van der Waals surface area contributed by atoms with E-state index in [2.05, 4.69) is 5.32 Å². The van der Waals surface area contributed by atoms with E-state index < -0.39 is 5.63 Å². The number of nitrogens with one attached hydrogen (secondary N) is 1. The summed E-state index contributed by atoms with van der Waals surface area (Å²) in [5.41, 5.74) is 1.54. The number of amides is 1. The van der Waals surface area contributed by atoms with Gasteiger partial charge in [0.05, 0.1) is 12.3 Å². The molecule has 28 heavy (non-hydrogen) atoms. The normalized spacial score (nSPS) is 10.9. The number of para-hydroxylation sites is 2. The summed E-state index contributed by atoms with van der Waals surface area (Å²) in [6, 6.07) is 13.9. The first-order valence-electron chi connectivity index (χ1n) is 9.20. The van der Waals surface area contributed by atoms with Crippen molar-refractivity contribution in [1.82, 2.24) is 0 Å². The van der Waals surface area contributed by atoms with E-state index in [1.54, 1.807) is 24.3 Å². The molecule has 0 aliphatic heterocycles. The number of carbonyl (C=O) groups excluding carboxylic acids is 1. The molecule has 0 saturated heterocycles. The largest absolute Gasteiger partial charge is 0.492 e. The molecule has 0 bridgehead atoms. The fourth-order valence-electron chi connectivity index (χ4n) is 2.92. The van der Waals surface area contributed by atoms with Crippen molar-refractivity contribution in [3.63, 3.8) is 0 Å². The Balaban J connectivity index is 1.72. The average Bonchev–Trinajstić information content (AvgIpc) is 2.67. The highest BCUT2D eigenvalue weighted by Crippen LogP contribution is 2.27. The second-order valence-electron chi connectivity index (χ2n) is 6.60. The zero-order valence-corrected chi connectivity index (χ0v) is 16.2. The van der Waals surface area contributed by atoms with Gasteiger partial charge in [-0.15, -0.1) is 0 Å². The predicted molar refractivity (Wildman–Crippen MR) is 108 cm³/mol. The van der Waals surface area contributed by atoms with Crippen molar-refractivity contribution < 1.29 is 18.7 Å². The Labute approximate surface area is 163 Å². The number of hydrogen-bond acceptors (Lipinski definition) is 5. The predicted octanol–water partition coefficient (Wildman–Crippen LogP) is 4.33. The van der Waals surface area contributed by atoms with Crippen molar-refractivity contribution in [3.8, 4) is 11.5 Å². The summed E-state index contributed by atoms with van der Waals surface area (Å²) >= 11 is 0. The van der Waals surface area contributed by atoms with Gasteiger partial charge in [-0.1, -0.05) is 26.0 Å². The van der Waals surface area contributed by atoms with Crippen LogP contribution in [0.4, 0.5) is 5.69 Å². The third kappa shape index (κ3) is 4.52. The minimum absolute atomic E-state index is 0.180. The Morgan fingerprint density at radius 1 is 1.11 bits per heavy atom. The fraction of sp³-hybridized carbons (Fsp3) is 0.273. The van der Waals surface area contributed by atoms with Crippen LogP contribution in [0.1, 0.15) is 32.3 Å². The molecule has 0 aliphatic carbocycles. The molecular weight excluding hydrogens is 358 g/mol. The topological polar surface area (TPSA) is 77.8 Å². The number of ether oxygens (including phenoxy) is 2. The van der Waals surface area contributed by atoms with E-state index >= 15 is 0 Å². The summed E-state index contributed by atoms with van der Waals surface area (Å²) in [5.74, 6) is 0.927. The molecule has 0 saturated carbocycles. The van der Waals surface area contributed by atoms with Crippen LogP contribution in [-0.4, -0.2) is 19.1 Å². The number of benzene rings is 2. The lowest BCUT2D eigenvalue weighted by atomic mass is 10.00. The first-order valence-corrected chi connectivity index (χ1v) is 9.20. The standard InChI is InChI=1S/C22H23NO5/c1-4-26-19-8-6-5-7-18(19)23-21(24)13-27-15-9-10-16-17(14(2)3)12-22(25)28-20(16)11-15/h5-12,14H,4,13H2,1-3H3,(H,23,24). The molecule has 3 aromatic rings. The Morgan fingerprint density at radius 2 is 1.89 bits per heavy atom. The molecular formula is C22H23NO5. The highest BCUT2D eigenvalue weighted by atomic mass is 16.5. The van der Waals surface area contributed by atoms with Crippen LogP contribution in [0.3, 0.4) is 0 Å². The van der Waals surface area contributed by atoms with Gasteiger partial charge in [0.1, 0.15) is 17.1 Å². The number of hydrogen-bond donors (Lipinski definition) is 1. The van der Waals surface area contributed by atoms with Gasteiger partial charge in [-0.2, -0.15) is 0 Å². The molecule has 0 unspecified atom stereocenters. The van der Waals surface area contributed by atoms with Crippen molar-refractivity contribution >= 4 is 22.6 Å². The second-order valence-corrected chi connectivity index (χ2v) is 6.60. The van der Waals surface area contributed by atoms with E-state index in [9.17, 15) is 9.59 Å². The van der Waals surface area contributed by atoms with Gasteiger partial charge in [-0.25, -0.2) is 4.79 Å². The summed E-state index contributed by atoms with van der Waals surface area (Å²) in [6.07, 6.45) is 0. The molecule has 0 fully saturated rings. The quantitative estimate of drug-likeness (QED) is 0.616. The molecule has 1 N–H and O–H groups in total. The van der Waals surface area contributed by atoms with Gasteiger partial charge in [0.2, 0.25) is 0 Å². The lowest BCUT2D eigenvalue weighted by Gasteiger charge is -2.12. The molecule has 1 heterocycles. The van der Waals surface area contributed by atoms with Crippen molar-refractivity contribution in [3.05, 3.63) is 64.5 Å². The van der Waals surface area contributed by atoms with E-state index in [-0.39, 0.29) is 18.4 Å². The Bertz CT molecular complexity index is 1040. The second kappa shape index (κ2) is 8.61. The molecule has 146 valence electrons. The molecule has 0 atom stereocenters. The molecule has 0 aliphatic rings. The summed E-state index contributed by atoms with van der Waals surface area (Å²) < 4.78 is 16.4. The third-order valence-corrected chi connectivity index (χ3v) is 4.20. The van der Waals surface area contributed by atoms with Gasteiger partial charge in [-0.3, -0.25) is 4.79 Å². The summed E-state index contributed by atoms with van der Waals surface area (Å²) in [6.45, 7) is 6.24. The SMILES string of the molecule is CCOc1ccccc1NC(=O)COc1ccc2c(C(C)C)cc(=O)oc2c1. The van der Waals surface area contributed by atoms with E-state index in [0.29, 0.717) is 29.4 Å². The van der Waals surface area contributed by atoms with Crippen molar-refractivity contribution in [2.75, 3.05) is 18.5 Å². The zero-order chi connectivity index (χ0) is 20.1. The van der Waals surface area contributed by atoms with Gasteiger partial charge in [-0.05, 0) is 42.7 Å². The van der Waals surface area contributed by atoms with Crippen LogP contribution in [0.15, 0.2) is 57.7 Å². The third-order valence-electron chi connectivity index (χ3n) is 4.20. The molecule has 6 nitrogen and oxygen atoms in total. The zero-order valence-electron chi connectivity index (χ0n) is 16.2. The first kappa shape index (κ1) is 19.5. The summed E-state index contributed by atoms with van der Waals surface area (Å²) in [7, 11) is 0. The van der Waals surface area contributed by atoms with E-state index in [0.717, 1.165) is 10.9 Å². The van der Waals surface area contributed by atoms with Crippen LogP contribution in [0.2, 0.25) is 0 Å². The van der Waals surface area contributed by atoms with Crippen molar-refractivity contribution in [1.29, 1.82) is 0 Å². The summed E-state index contributed by atoms with van der Waals surface area (Å²) in [5, 5.41) is 3.63. The average molecular weight is 381 g/mol. The van der Waals surface area contributed by atoms with Gasteiger partial charge < -0.3 is 19.2 Å². The molecule has 6 heteroatoms. The van der Waals surface area contributed by atoms with E-state index in [1.165, 1.54) is 6.07 Å². The molecule has 1 amide bonds. The minimum Gasteiger partial charge on any atom is -0.492 e. The molecule has 3 rings (SSSR count). The minimum atomic E-state index is -0.404. The van der Waals surface area contributed by atoms with Gasteiger partial charge in [0.15, 0.2) is 6.61 Å². The van der Waals surface area contributed by atoms with Crippen LogP contribution in [-0.2, 0) is 4.79 Å². The van der Waals surface area contributed by atoms with Gasteiger partial charge >= 0.3 is 5.63 Å². The number of fused-ring (bicyclic) bond motifs is 1. The van der Waals surface area contributed by atoms with Crippen LogP contribution in [0.25, 0.3) is 11.0 Å². The van der Waals surface area contributed by atoms with Crippen LogP contribution >= 0.6 is 0 Å². The first-order chi connectivity index (χ1) is 13.5. The summed E-state index contributed by atoms with van der Waals surface area (Å²) in [4.78, 5) is 24.0. The van der Waals surface area contributed by atoms with Crippen LogP contribution in [0.5, 0.6) is 11.5 Å². The monoisotopic (exact) mass is 381 g/mol.